The van der Waals surface area contributed by atoms with Crippen molar-refractivity contribution in [1.82, 2.24) is 5.32 Å². The summed E-state index contributed by atoms with van der Waals surface area (Å²) in [5.74, 6) is -0.358. The molecule has 0 bridgehead atoms. The lowest BCUT2D eigenvalue weighted by Crippen LogP contribution is -2.48. The number of nitrogens with two attached hydrogens (primary N) is 1. The van der Waals surface area contributed by atoms with E-state index in [-0.39, 0.29) is 54.9 Å². The minimum absolute atomic E-state index is 0. The molecular formula is C16H21ClN4O5. The van der Waals surface area contributed by atoms with Gasteiger partial charge in [-0.3, -0.25) is 24.6 Å². The Balaban J connectivity index is 0.00000243. The van der Waals surface area contributed by atoms with Crippen LogP contribution in [0.2, 0.25) is 0 Å². The molecule has 26 heavy (non-hydrogen) atoms. The van der Waals surface area contributed by atoms with Crippen molar-refractivity contribution in [2.45, 2.75) is 37.8 Å². The Morgan fingerprint density at radius 1 is 1.35 bits per heavy atom. The van der Waals surface area contributed by atoms with Crippen molar-refractivity contribution in [1.29, 1.82) is 0 Å². The van der Waals surface area contributed by atoms with E-state index >= 15 is 0 Å². The lowest BCUT2D eigenvalue weighted by atomic mass is 9.92. The highest BCUT2D eigenvalue weighted by atomic mass is 35.5. The number of halogens is 1. The molecule has 1 heterocycles. The van der Waals surface area contributed by atoms with Crippen molar-refractivity contribution in [3.63, 3.8) is 0 Å². The minimum Gasteiger partial charge on any atom is -0.482 e. The third-order valence-electron chi connectivity index (χ3n) is 4.54. The van der Waals surface area contributed by atoms with E-state index in [2.05, 4.69) is 5.32 Å². The molecule has 1 aliphatic carbocycles. The van der Waals surface area contributed by atoms with Crippen molar-refractivity contribution < 1.29 is 19.2 Å². The number of hydrogen-bond donors (Lipinski definition) is 2. The average Bonchev–Trinajstić information content (AvgIpc) is 2.59. The molecule has 0 saturated heterocycles. The summed E-state index contributed by atoms with van der Waals surface area (Å²) >= 11 is 0. The third kappa shape index (κ3) is 4.41. The van der Waals surface area contributed by atoms with Gasteiger partial charge >= 0.3 is 0 Å². The fourth-order valence-electron chi connectivity index (χ4n) is 3.16. The predicted octanol–water partition coefficient (Wildman–Crippen LogP) is 1.13. The van der Waals surface area contributed by atoms with Crippen molar-refractivity contribution in [2.24, 2.45) is 5.73 Å². The number of hydrogen-bond acceptors (Lipinski definition) is 6. The number of benzene rings is 1. The summed E-state index contributed by atoms with van der Waals surface area (Å²) in [5.41, 5.74) is 5.93. The van der Waals surface area contributed by atoms with Crippen LogP contribution in [0.4, 0.5) is 11.4 Å². The fourth-order valence-corrected chi connectivity index (χ4v) is 3.16. The second kappa shape index (κ2) is 8.33. The van der Waals surface area contributed by atoms with Crippen LogP contribution >= 0.6 is 12.4 Å². The summed E-state index contributed by atoms with van der Waals surface area (Å²) in [7, 11) is 0. The van der Waals surface area contributed by atoms with Gasteiger partial charge in [0.05, 0.1) is 10.6 Å². The van der Waals surface area contributed by atoms with Crippen LogP contribution < -0.4 is 20.7 Å². The van der Waals surface area contributed by atoms with Gasteiger partial charge in [-0.05, 0) is 31.7 Å². The molecule has 9 nitrogen and oxygen atoms in total. The second-order valence-electron chi connectivity index (χ2n) is 6.36. The summed E-state index contributed by atoms with van der Waals surface area (Å²) in [6, 6.07) is 4.22. The van der Waals surface area contributed by atoms with Crippen molar-refractivity contribution in [3.8, 4) is 5.75 Å². The fraction of sp³-hybridized carbons (Fsp3) is 0.500. The lowest BCUT2D eigenvalue weighted by Gasteiger charge is -2.30. The highest BCUT2D eigenvalue weighted by Gasteiger charge is 2.30. The normalized spacial score (nSPS) is 21.9. The molecule has 0 unspecified atom stereocenters. The molecule has 0 atom stereocenters. The Morgan fingerprint density at radius 3 is 2.69 bits per heavy atom. The maximum absolute atomic E-state index is 12.3. The Labute approximate surface area is 156 Å². The molecule has 3 rings (SSSR count). The molecular weight excluding hydrogens is 364 g/mol. The number of ether oxygens (including phenoxy) is 1. The molecule has 10 heteroatoms. The Kier molecular flexibility index (Phi) is 6.38. The largest absolute Gasteiger partial charge is 0.482 e. The number of nitro benzene ring substituents is 1. The van der Waals surface area contributed by atoms with Crippen LogP contribution in [0.3, 0.4) is 0 Å². The summed E-state index contributed by atoms with van der Waals surface area (Å²) in [4.78, 5) is 36.1. The van der Waals surface area contributed by atoms with E-state index in [9.17, 15) is 19.7 Å². The predicted molar refractivity (Wildman–Crippen MR) is 96.6 cm³/mol. The van der Waals surface area contributed by atoms with Gasteiger partial charge < -0.3 is 15.8 Å². The number of nitro groups is 1. The number of carbonyl (C=O) groups excluding carboxylic acids is 2. The second-order valence-corrected chi connectivity index (χ2v) is 6.36. The number of rotatable bonds is 4. The van der Waals surface area contributed by atoms with Crippen LogP contribution in [0, 0.1) is 10.1 Å². The molecule has 3 N–H and O–H groups in total. The maximum atomic E-state index is 12.3. The number of nitrogens with one attached hydrogen (secondary N) is 1. The lowest BCUT2D eigenvalue weighted by molar-refractivity contribution is -0.384. The van der Waals surface area contributed by atoms with E-state index < -0.39 is 10.8 Å². The van der Waals surface area contributed by atoms with Gasteiger partial charge in [-0.15, -0.1) is 12.4 Å². The monoisotopic (exact) mass is 384 g/mol. The van der Waals surface area contributed by atoms with Gasteiger partial charge in [0, 0.05) is 24.2 Å². The summed E-state index contributed by atoms with van der Waals surface area (Å²) < 4.78 is 5.28. The van der Waals surface area contributed by atoms with E-state index in [1.165, 1.54) is 23.1 Å². The molecule has 142 valence electrons. The van der Waals surface area contributed by atoms with Crippen LogP contribution in [-0.2, 0) is 9.59 Å². The van der Waals surface area contributed by atoms with Gasteiger partial charge in [-0.2, -0.15) is 0 Å². The Morgan fingerprint density at radius 2 is 2.04 bits per heavy atom. The smallest absolute Gasteiger partial charge is 0.271 e. The van der Waals surface area contributed by atoms with E-state index in [1.807, 2.05) is 0 Å². The van der Waals surface area contributed by atoms with Crippen molar-refractivity contribution >= 4 is 35.6 Å². The van der Waals surface area contributed by atoms with Gasteiger partial charge in [0.25, 0.3) is 11.6 Å². The van der Waals surface area contributed by atoms with Gasteiger partial charge in [0.1, 0.15) is 12.3 Å². The molecule has 1 aromatic carbocycles. The Hall–Kier alpha value is -2.39. The van der Waals surface area contributed by atoms with E-state index in [1.54, 1.807) is 0 Å². The van der Waals surface area contributed by atoms with Crippen molar-refractivity contribution in [2.75, 3.05) is 18.1 Å². The van der Waals surface area contributed by atoms with Crippen LogP contribution in [0.25, 0.3) is 0 Å². The molecule has 1 fully saturated rings. The van der Waals surface area contributed by atoms with Gasteiger partial charge in [-0.1, -0.05) is 0 Å². The molecule has 1 saturated carbocycles. The zero-order valence-corrected chi connectivity index (χ0v) is 14.9. The first-order chi connectivity index (χ1) is 11.9. The van der Waals surface area contributed by atoms with Crippen LogP contribution in [-0.4, -0.2) is 42.0 Å². The van der Waals surface area contributed by atoms with Crippen molar-refractivity contribution in [3.05, 3.63) is 28.3 Å². The van der Waals surface area contributed by atoms with E-state index in [4.69, 9.17) is 10.5 Å². The molecule has 0 aromatic heterocycles. The van der Waals surface area contributed by atoms with Crippen LogP contribution in [0.15, 0.2) is 18.2 Å². The molecule has 1 aromatic rings. The SMILES string of the molecule is Cl.NC1CCC(NC(=O)CN2C(=O)COc3ccc([N+](=O)[O-])cc32)CC1. The molecule has 2 aliphatic rings. The summed E-state index contributed by atoms with van der Waals surface area (Å²) in [6.07, 6.45) is 3.34. The Bertz CT molecular complexity index is 706. The van der Waals surface area contributed by atoms with Gasteiger partial charge in [-0.25, -0.2) is 0 Å². The van der Waals surface area contributed by atoms with Crippen LogP contribution in [0.1, 0.15) is 25.7 Å². The van der Waals surface area contributed by atoms with E-state index in [0.29, 0.717) is 5.75 Å². The summed E-state index contributed by atoms with van der Waals surface area (Å²) in [5, 5.41) is 13.9. The molecule has 1 aliphatic heterocycles. The topological polar surface area (TPSA) is 128 Å². The number of amides is 2. The zero-order chi connectivity index (χ0) is 18.0. The maximum Gasteiger partial charge on any atom is 0.271 e. The number of anilines is 1. The van der Waals surface area contributed by atoms with Crippen LogP contribution in [0.5, 0.6) is 5.75 Å². The first-order valence-electron chi connectivity index (χ1n) is 8.20. The molecule has 2 amide bonds. The average molecular weight is 385 g/mol. The first kappa shape index (κ1) is 19.9. The summed E-state index contributed by atoms with van der Waals surface area (Å²) in [6.45, 7) is -0.394. The highest BCUT2D eigenvalue weighted by Crippen LogP contribution is 2.35. The van der Waals surface area contributed by atoms with Gasteiger partial charge in [0.15, 0.2) is 6.61 Å². The quantitative estimate of drug-likeness (QED) is 0.591. The molecule has 0 radical (unpaired) electrons. The number of non-ortho nitro benzene ring substituents is 1. The molecule has 0 spiro atoms. The standard InChI is InChI=1S/C16H20N4O5.ClH/c17-10-1-3-11(4-2-10)18-15(21)8-19-13-7-12(20(23)24)5-6-14(13)25-9-16(19)22;/h5-7,10-11H,1-4,8-9,17H2,(H,18,21);1H. The highest BCUT2D eigenvalue weighted by molar-refractivity contribution is 6.02. The first-order valence-corrected chi connectivity index (χ1v) is 8.20. The number of nitrogens with zero attached hydrogens (tertiary/aromatic N) is 2. The third-order valence-corrected chi connectivity index (χ3v) is 4.54. The number of carbonyl (C=O) groups is 2. The van der Waals surface area contributed by atoms with E-state index in [0.717, 1.165) is 25.7 Å². The zero-order valence-electron chi connectivity index (χ0n) is 14.1. The number of fused-ring (bicyclic) bond motifs is 1. The van der Waals surface area contributed by atoms with Gasteiger partial charge in [0.2, 0.25) is 5.91 Å². The minimum atomic E-state index is -0.553.